The maximum absolute atomic E-state index is 10.7. The zero-order valence-electron chi connectivity index (χ0n) is 12.3. The molecule has 19 heavy (non-hydrogen) atoms. The van der Waals surface area contributed by atoms with Crippen molar-refractivity contribution in [1.29, 1.82) is 0 Å². The molecule has 1 aliphatic heterocycles. The van der Waals surface area contributed by atoms with E-state index in [1.54, 1.807) is 0 Å². The molecular weight excluding hydrogens is 240 g/mol. The number of piperidine rings is 1. The summed E-state index contributed by atoms with van der Waals surface area (Å²) >= 11 is 0. The fraction of sp³-hybridized carbons (Fsp3) is 0.933. The second-order valence-electron chi connectivity index (χ2n) is 6.63. The molecule has 2 N–H and O–H groups in total. The Morgan fingerprint density at radius 2 is 2.05 bits per heavy atom. The molecule has 0 amide bonds. The number of carboxylic acids is 1. The summed E-state index contributed by atoms with van der Waals surface area (Å²) in [6, 6.07) is 1.10. The molecule has 0 aromatic rings. The third-order valence-corrected chi connectivity index (χ3v) is 4.45. The van der Waals surface area contributed by atoms with Gasteiger partial charge in [-0.2, -0.15) is 0 Å². The van der Waals surface area contributed by atoms with E-state index in [9.17, 15) is 4.79 Å². The smallest absolute Gasteiger partial charge is 0.303 e. The predicted octanol–water partition coefficient (Wildman–Crippen LogP) is 1.95. The van der Waals surface area contributed by atoms with E-state index in [2.05, 4.69) is 24.1 Å². The Morgan fingerprint density at radius 1 is 1.32 bits per heavy atom. The van der Waals surface area contributed by atoms with Crippen LogP contribution >= 0.6 is 0 Å². The Labute approximate surface area is 116 Å². The number of carbonyl (C=O) groups is 1. The van der Waals surface area contributed by atoms with Crippen LogP contribution < -0.4 is 5.32 Å². The number of hydrogen-bond donors (Lipinski definition) is 2. The van der Waals surface area contributed by atoms with Crippen molar-refractivity contribution < 1.29 is 9.90 Å². The molecule has 1 heterocycles. The van der Waals surface area contributed by atoms with Gasteiger partial charge in [0.25, 0.3) is 0 Å². The number of nitrogens with zero attached hydrogens (tertiary/aromatic N) is 1. The van der Waals surface area contributed by atoms with Crippen molar-refractivity contribution in [3.8, 4) is 0 Å². The maximum Gasteiger partial charge on any atom is 0.303 e. The standard InChI is InChI=1S/C15H28N2O2/c1-11(2)17-9-13(5-6-15(18)19)7-14(10-17)16-8-12-3-4-12/h11-14,16H,3-10H2,1-2H3,(H,18,19). The highest BCUT2D eigenvalue weighted by Crippen LogP contribution is 2.29. The van der Waals surface area contributed by atoms with Crippen LogP contribution in [0.3, 0.4) is 0 Å². The van der Waals surface area contributed by atoms with Crippen LogP contribution in [0.5, 0.6) is 0 Å². The Balaban J connectivity index is 1.81. The molecule has 2 rings (SSSR count). The van der Waals surface area contributed by atoms with E-state index in [1.165, 1.54) is 12.8 Å². The number of aliphatic carboxylic acids is 1. The van der Waals surface area contributed by atoms with E-state index in [1.807, 2.05) is 0 Å². The van der Waals surface area contributed by atoms with Gasteiger partial charge in [-0.3, -0.25) is 9.69 Å². The lowest BCUT2D eigenvalue weighted by Crippen LogP contribution is -2.51. The van der Waals surface area contributed by atoms with Gasteiger partial charge < -0.3 is 10.4 Å². The fourth-order valence-corrected chi connectivity index (χ4v) is 3.00. The third kappa shape index (κ3) is 5.11. The van der Waals surface area contributed by atoms with Gasteiger partial charge in [0.15, 0.2) is 0 Å². The van der Waals surface area contributed by atoms with Gasteiger partial charge in [-0.15, -0.1) is 0 Å². The van der Waals surface area contributed by atoms with Crippen molar-refractivity contribution in [1.82, 2.24) is 10.2 Å². The van der Waals surface area contributed by atoms with Crippen molar-refractivity contribution >= 4 is 5.97 Å². The van der Waals surface area contributed by atoms with Gasteiger partial charge in [0.2, 0.25) is 0 Å². The number of rotatable bonds is 7. The second-order valence-corrected chi connectivity index (χ2v) is 6.63. The van der Waals surface area contributed by atoms with Crippen molar-refractivity contribution in [3.05, 3.63) is 0 Å². The van der Waals surface area contributed by atoms with Crippen molar-refractivity contribution in [3.63, 3.8) is 0 Å². The molecule has 2 fully saturated rings. The molecule has 110 valence electrons. The molecule has 0 aromatic heterocycles. The fourth-order valence-electron chi connectivity index (χ4n) is 3.00. The molecule has 0 bridgehead atoms. The molecular formula is C15H28N2O2. The first kappa shape index (κ1) is 14.8. The Kier molecular flexibility index (Phi) is 5.22. The summed E-state index contributed by atoms with van der Waals surface area (Å²) < 4.78 is 0. The minimum atomic E-state index is -0.663. The first-order chi connectivity index (χ1) is 9.04. The molecule has 2 unspecified atom stereocenters. The first-order valence-electron chi connectivity index (χ1n) is 7.73. The van der Waals surface area contributed by atoms with Gasteiger partial charge in [-0.25, -0.2) is 0 Å². The minimum Gasteiger partial charge on any atom is -0.481 e. The quantitative estimate of drug-likeness (QED) is 0.741. The Morgan fingerprint density at radius 3 is 2.63 bits per heavy atom. The second kappa shape index (κ2) is 6.71. The lowest BCUT2D eigenvalue weighted by atomic mass is 9.89. The van der Waals surface area contributed by atoms with E-state index < -0.39 is 5.97 Å². The molecule has 2 atom stereocenters. The van der Waals surface area contributed by atoms with Crippen LogP contribution in [0.2, 0.25) is 0 Å². The first-order valence-corrected chi connectivity index (χ1v) is 7.73. The van der Waals surface area contributed by atoms with Crippen LogP contribution in [-0.2, 0) is 4.79 Å². The normalized spacial score (nSPS) is 28.8. The molecule has 1 saturated carbocycles. The van der Waals surface area contributed by atoms with E-state index in [4.69, 9.17) is 5.11 Å². The predicted molar refractivity (Wildman–Crippen MR) is 76.2 cm³/mol. The molecule has 4 heteroatoms. The number of likely N-dealkylation sites (tertiary alicyclic amines) is 1. The van der Waals surface area contributed by atoms with Crippen LogP contribution in [0.4, 0.5) is 0 Å². The van der Waals surface area contributed by atoms with Crippen LogP contribution in [0.15, 0.2) is 0 Å². The molecule has 0 aromatic carbocycles. The summed E-state index contributed by atoms with van der Waals surface area (Å²) in [5.74, 6) is 0.778. The molecule has 4 nitrogen and oxygen atoms in total. The number of carboxylic acid groups (broad SMARTS) is 1. The zero-order chi connectivity index (χ0) is 13.8. The molecule has 0 spiro atoms. The van der Waals surface area contributed by atoms with Crippen LogP contribution in [-0.4, -0.2) is 47.7 Å². The zero-order valence-corrected chi connectivity index (χ0v) is 12.3. The molecule has 1 saturated heterocycles. The SMILES string of the molecule is CC(C)N1CC(CCC(=O)O)CC(NCC2CC2)C1. The van der Waals surface area contributed by atoms with Crippen LogP contribution in [0, 0.1) is 11.8 Å². The number of nitrogens with one attached hydrogen (secondary N) is 1. The number of hydrogen-bond acceptors (Lipinski definition) is 3. The monoisotopic (exact) mass is 268 g/mol. The van der Waals surface area contributed by atoms with Gasteiger partial charge in [0, 0.05) is 31.6 Å². The van der Waals surface area contributed by atoms with Gasteiger partial charge in [0.05, 0.1) is 0 Å². The summed E-state index contributed by atoms with van der Waals surface area (Å²) in [5.41, 5.74) is 0. The highest BCUT2D eigenvalue weighted by molar-refractivity contribution is 5.66. The van der Waals surface area contributed by atoms with Crippen LogP contribution in [0.25, 0.3) is 0 Å². The van der Waals surface area contributed by atoms with E-state index >= 15 is 0 Å². The van der Waals surface area contributed by atoms with Crippen molar-refractivity contribution in [2.75, 3.05) is 19.6 Å². The van der Waals surface area contributed by atoms with Gasteiger partial charge in [-0.05, 0) is 57.9 Å². The Bertz CT molecular complexity index is 303. The Hall–Kier alpha value is -0.610. The average Bonchev–Trinajstić information content (AvgIpc) is 3.17. The van der Waals surface area contributed by atoms with Gasteiger partial charge in [0.1, 0.15) is 0 Å². The topological polar surface area (TPSA) is 52.6 Å². The molecule has 0 radical (unpaired) electrons. The van der Waals surface area contributed by atoms with Crippen molar-refractivity contribution in [2.24, 2.45) is 11.8 Å². The maximum atomic E-state index is 10.7. The van der Waals surface area contributed by atoms with Gasteiger partial charge >= 0.3 is 5.97 Å². The summed E-state index contributed by atoms with van der Waals surface area (Å²) in [4.78, 5) is 13.2. The largest absolute Gasteiger partial charge is 0.481 e. The summed E-state index contributed by atoms with van der Waals surface area (Å²) in [6.45, 7) is 7.80. The van der Waals surface area contributed by atoms with E-state index in [-0.39, 0.29) is 0 Å². The highest BCUT2D eigenvalue weighted by Gasteiger charge is 2.30. The van der Waals surface area contributed by atoms with E-state index in [0.29, 0.717) is 24.4 Å². The highest BCUT2D eigenvalue weighted by atomic mass is 16.4. The minimum absolute atomic E-state index is 0.311. The summed E-state index contributed by atoms with van der Waals surface area (Å²) in [7, 11) is 0. The summed E-state index contributed by atoms with van der Waals surface area (Å²) in [5, 5.41) is 12.5. The lowest BCUT2D eigenvalue weighted by Gasteiger charge is -2.40. The molecule has 2 aliphatic rings. The van der Waals surface area contributed by atoms with Crippen molar-refractivity contribution in [2.45, 2.75) is 58.0 Å². The van der Waals surface area contributed by atoms with Gasteiger partial charge in [-0.1, -0.05) is 0 Å². The lowest BCUT2D eigenvalue weighted by molar-refractivity contribution is -0.137. The third-order valence-electron chi connectivity index (χ3n) is 4.45. The average molecular weight is 268 g/mol. The van der Waals surface area contributed by atoms with E-state index in [0.717, 1.165) is 38.4 Å². The van der Waals surface area contributed by atoms with Crippen LogP contribution in [0.1, 0.15) is 46.0 Å². The molecule has 1 aliphatic carbocycles. The summed E-state index contributed by atoms with van der Waals surface area (Å²) in [6.07, 6.45) is 5.04.